The third-order valence-electron chi connectivity index (χ3n) is 8.40. The molecule has 4 heterocycles. The summed E-state index contributed by atoms with van der Waals surface area (Å²) in [5, 5.41) is 19.3. The molecule has 0 amide bonds. The van der Waals surface area contributed by atoms with Gasteiger partial charge in [-0.15, -0.1) is 5.10 Å². The van der Waals surface area contributed by atoms with Gasteiger partial charge in [0, 0.05) is 65.0 Å². The molecule has 2 aromatic rings. The topological polar surface area (TPSA) is 102 Å². The number of likely N-dealkylation sites (N-methyl/N-ethyl adjacent to an activating group) is 1. The summed E-state index contributed by atoms with van der Waals surface area (Å²) in [4.78, 5) is 16.9. The van der Waals surface area contributed by atoms with E-state index in [4.69, 9.17) is 9.97 Å². The molecule has 0 bridgehead atoms. The maximum atomic E-state index is 4.97. The van der Waals surface area contributed by atoms with Gasteiger partial charge in [-0.3, -0.25) is 4.68 Å². The molecule has 3 aliphatic rings. The summed E-state index contributed by atoms with van der Waals surface area (Å²) >= 11 is 0. The van der Waals surface area contributed by atoms with Crippen molar-refractivity contribution >= 4 is 17.6 Å². The van der Waals surface area contributed by atoms with Gasteiger partial charge in [-0.25, -0.2) is 0 Å². The quantitative estimate of drug-likeness (QED) is 0.328. The van der Waals surface area contributed by atoms with Gasteiger partial charge in [0.1, 0.15) is 17.3 Å². The molecule has 5 rings (SSSR count). The molecule has 0 unspecified atom stereocenters. The average molecular weight is 540 g/mol. The molecule has 1 aliphatic carbocycles. The molecule has 216 valence electrons. The fraction of sp³-hybridized carbons (Fsp3) is 0.786. The second kappa shape index (κ2) is 14.8. The van der Waals surface area contributed by atoms with Crippen molar-refractivity contribution in [1.29, 1.82) is 0 Å². The summed E-state index contributed by atoms with van der Waals surface area (Å²) in [6, 6.07) is 2.08. The van der Waals surface area contributed by atoms with E-state index < -0.39 is 0 Å². The van der Waals surface area contributed by atoms with Crippen LogP contribution in [-0.4, -0.2) is 102 Å². The van der Waals surface area contributed by atoms with Gasteiger partial charge in [-0.05, 0) is 45.3 Å². The van der Waals surface area contributed by atoms with Crippen LogP contribution in [0.1, 0.15) is 57.1 Å². The van der Waals surface area contributed by atoms with E-state index in [0.29, 0.717) is 6.54 Å². The summed E-state index contributed by atoms with van der Waals surface area (Å²) in [7, 11) is 2.18. The number of piperazine rings is 2. The van der Waals surface area contributed by atoms with Crippen LogP contribution in [0.25, 0.3) is 0 Å². The van der Waals surface area contributed by atoms with E-state index in [1.54, 1.807) is 0 Å². The molecule has 39 heavy (non-hydrogen) atoms. The first-order chi connectivity index (χ1) is 19.2. The van der Waals surface area contributed by atoms with Gasteiger partial charge in [0.2, 0.25) is 5.95 Å². The lowest BCUT2D eigenvalue weighted by atomic mass is 9.86. The Bertz CT molecular complexity index is 976. The lowest BCUT2D eigenvalue weighted by Crippen LogP contribution is -2.46. The average Bonchev–Trinajstić information content (AvgIpc) is 3.44. The highest BCUT2D eigenvalue weighted by Gasteiger charge is 2.20. The van der Waals surface area contributed by atoms with E-state index in [2.05, 4.69) is 60.3 Å². The van der Waals surface area contributed by atoms with Gasteiger partial charge in [-0.2, -0.15) is 9.97 Å². The monoisotopic (exact) mass is 539 g/mol. The molecule has 3 N–H and O–H groups in total. The molecule has 0 radical (unpaired) electrons. The van der Waals surface area contributed by atoms with Crippen LogP contribution >= 0.6 is 0 Å². The van der Waals surface area contributed by atoms with Gasteiger partial charge in [0.15, 0.2) is 0 Å². The lowest BCUT2D eigenvalue weighted by Gasteiger charge is -2.34. The molecule has 3 fully saturated rings. The number of hydrogen-bond acceptors (Lipinski definition) is 10. The smallest absolute Gasteiger partial charge is 0.229 e. The molecule has 11 heteroatoms. The second-order valence-corrected chi connectivity index (χ2v) is 11.5. The SMILES string of the molecule is CN1CCN(c2cc(NCc3cn(CCCNCCCC4CCCCC4)nn3)nc(N3CCNCC3)n2)CC1. The zero-order chi connectivity index (χ0) is 26.7. The first-order valence-corrected chi connectivity index (χ1v) is 15.3. The lowest BCUT2D eigenvalue weighted by molar-refractivity contribution is 0.312. The molecule has 1 saturated carbocycles. The van der Waals surface area contributed by atoms with Crippen molar-refractivity contribution in [1.82, 2.24) is 40.5 Å². The Hall–Kier alpha value is -2.50. The van der Waals surface area contributed by atoms with Crippen molar-refractivity contribution in [2.24, 2.45) is 5.92 Å². The Morgan fingerprint density at radius 2 is 1.72 bits per heavy atom. The molecule has 0 spiro atoms. The van der Waals surface area contributed by atoms with Crippen LogP contribution in [0.4, 0.5) is 17.6 Å². The maximum absolute atomic E-state index is 4.97. The Morgan fingerprint density at radius 1 is 0.923 bits per heavy atom. The Labute approximate surface area is 234 Å². The van der Waals surface area contributed by atoms with Crippen LogP contribution in [-0.2, 0) is 13.1 Å². The number of rotatable bonds is 13. The fourth-order valence-corrected chi connectivity index (χ4v) is 5.91. The van der Waals surface area contributed by atoms with E-state index in [1.807, 2.05) is 4.68 Å². The van der Waals surface area contributed by atoms with Gasteiger partial charge in [0.05, 0.1) is 12.7 Å². The first-order valence-electron chi connectivity index (χ1n) is 15.3. The predicted octanol–water partition coefficient (Wildman–Crippen LogP) is 2.18. The summed E-state index contributed by atoms with van der Waals surface area (Å²) in [6.45, 7) is 11.5. The standard InChI is InChI=1S/C28H49N11/c1-36-17-19-37(20-18-36)27-21-26(32-28(33-27)38-15-12-30-13-16-38)31-22-25-23-39(35-34-25)14-6-11-29-10-5-9-24-7-3-2-4-8-24/h21,23-24,29-30H,2-20,22H2,1H3,(H,31,32,33). The van der Waals surface area contributed by atoms with Crippen molar-refractivity contribution in [2.75, 3.05) is 87.6 Å². The Morgan fingerprint density at radius 3 is 2.54 bits per heavy atom. The van der Waals surface area contributed by atoms with Gasteiger partial charge < -0.3 is 30.7 Å². The third-order valence-corrected chi connectivity index (χ3v) is 8.40. The van der Waals surface area contributed by atoms with Crippen LogP contribution < -0.4 is 25.8 Å². The third kappa shape index (κ3) is 8.74. The van der Waals surface area contributed by atoms with Crippen molar-refractivity contribution in [2.45, 2.75) is 64.5 Å². The Kier molecular flexibility index (Phi) is 10.6. The van der Waals surface area contributed by atoms with E-state index in [0.717, 1.165) is 108 Å². The van der Waals surface area contributed by atoms with E-state index in [-0.39, 0.29) is 0 Å². The zero-order valence-electron chi connectivity index (χ0n) is 24.0. The molecule has 0 aromatic carbocycles. The van der Waals surface area contributed by atoms with E-state index in [1.165, 1.54) is 44.9 Å². The summed E-state index contributed by atoms with van der Waals surface area (Å²) in [6.07, 6.45) is 13.1. The van der Waals surface area contributed by atoms with E-state index in [9.17, 15) is 0 Å². The van der Waals surface area contributed by atoms with Crippen molar-refractivity contribution in [3.05, 3.63) is 18.0 Å². The molecule has 11 nitrogen and oxygen atoms in total. The van der Waals surface area contributed by atoms with Crippen molar-refractivity contribution < 1.29 is 0 Å². The molecular weight excluding hydrogens is 490 g/mol. The van der Waals surface area contributed by atoms with Crippen LogP contribution in [0, 0.1) is 5.92 Å². The summed E-state index contributed by atoms with van der Waals surface area (Å²) in [5.74, 6) is 3.64. The number of nitrogens with zero attached hydrogens (tertiary/aromatic N) is 8. The molecular formula is C28H49N11. The minimum Gasteiger partial charge on any atom is -0.364 e. The normalized spacial score (nSPS) is 19.5. The number of aromatic nitrogens is 5. The Balaban J connectivity index is 1.07. The highest BCUT2D eigenvalue weighted by molar-refractivity contribution is 5.55. The molecule has 0 atom stereocenters. The van der Waals surface area contributed by atoms with Gasteiger partial charge in [0.25, 0.3) is 0 Å². The van der Waals surface area contributed by atoms with Crippen molar-refractivity contribution in [3.8, 4) is 0 Å². The molecule has 2 aliphatic heterocycles. The number of anilines is 3. The van der Waals surface area contributed by atoms with Crippen molar-refractivity contribution in [3.63, 3.8) is 0 Å². The molecule has 2 aromatic heterocycles. The number of nitrogens with one attached hydrogen (secondary N) is 3. The largest absolute Gasteiger partial charge is 0.364 e. The van der Waals surface area contributed by atoms with Gasteiger partial charge >= 0.3 is 0 Å². The highest BCUT2D eigenvalue weighted by atomic mass is 15.4. The van der Waals surface area contributed by atoms with Crippen LogP contribution in [0.2, 0.25) is 0 Å². The minimum atomic E-state index is 0.597. The predicted molar refractivity (Wildman–Crippen MR) is 157 cm³/mol. The van der Waals surface area contributed by atoms with Crippen LogP contribution in [0.3, 0.4) is 0 Å². The molecule has 2 saturated heterocycles. The van der Waals surface area contributed by atoms with E-state index >= 15 is 0 Å². The first kappa shape index (κ1) is 28.0. The maximum Gasteiger partial charge on any atom is 0.229 e. The number of hydrogen-bond donors (Lipinski definition) is 3. The minimum absolute atomic E-state index is 0.597. The number of aryl methyl sites for hydroxylation is 1. The fourth-order valence-electron chi connectivity index (χ4n) is 5.91. The highest BCUT2D eigenvalue weighted by Crippen LogP contribution is 2.27. The zero-order valence-corrected chi connectivity index (χ0v) is 24.0. The second-order valence-electron chi connectivity index (χ2n) is 11.5. The van der Waals surface area contributed by atoms with Crippen LogP contribution in [0.15, 0.2) is 12.3 Å². The summed E-state index contributed by atoms with van der Waals surface area (Å²) in [5.41, 5.74) is 0.930. The summed E-state index contributed by atoms with van der Waals surface area (Å²) < 4.78 is 1.96. The van der Waals surface area contributed by atoms with Gasteiger partial charge in [-0.1, -0.05) is 37.3 Å². The van der Waals surface area contributed by atoms with Crippen LogP contribution in [0.5, 0.6) is 0 Å².